The van der Waals surface area contributed by atoms with Crippen molar-refractivity contribution in [2.45, 2.75) is 6.92 Å². The number of hydrogen-bond donors (Lipinski definition) is 0. The van der Waals surface area contributed by atoms with Crippen molar-refractivity contribution in [2.75, 3.05) is 6.61 Å². The number of hydrogen-bond acceptors (Lipinski definition) is 5. The first-order chi connectivity index (χ1) is 7.31. The fraction of sp³-hybridized carbons (Fsp3) is 0.200. The first kappa shape index (κ1) is 10.9. The van der Waals surface area contributed by atoms with Gasteiger partial charge in [-0.3, -0.25) is 0 Å². The lowest BCUT2D eigenvalue weighted by Gasteiger charge is -2.05. The van der Waals surface area contributed by atoms with Crippen LogP contribution in [0.1, 0.15) is 6.92 Å². The zero-order chi connectivity index (χ0) is 11.1. The standard InChI is InChI=1S/C10H8N2O3/c1-2-15-10-5-8(11-6-13)3-4-9(10)12-7-14/h3-5H,2H2,1H3. The quantitative estimate of drug-likeness (QED) is 0.556. The van der Waals surface area contributed by atoms with Crippen molar-refractivity contribution >= 4 is 23.5 Å². The Kier molecular flexibility index (Phi) is 3.98. The highest BCUT2D eigenvalue weighted by Crippen LogP contribution is 2.31. The van der Waals surface area contributed by atoms with E-state index in [9.17, 15) is 9.59 Å². The largest absolute Gasteiger partial charge is 0.492 e. The summed E-state index contributed by atoms with van der Waals surface area (Å²) >= 11 is 0. The molecule has 0 unspecified atom stereocenters. The molecule has 0 aliphatic carbocycles. The van der Waals surface area contributed by atoms with Crippen molar-refractivity contribution in [1.29, 1.82) is 0 Å². The van der Waals surface area contributed by atoms with Gasteiger partial charge in [-0.25, -0.2) is 9.59 Å². The van der Waals surface area contributed by atoms with Crippen LogP contribution in [-0.2, 0) is 9.59 Å². The topological polar surface area (TPSA) is 68.1 Å². The summed E-state index contributed by atoms with van der Waals surface area (Å²) in [6.45, 7) is 2.22. The Balaban J connectivity index is 3.18. The minimum Gasteiger partial charge on any atom is -0.492 e. The maximum atomic E-state index is 10.1. The molecule has 76 valence electrons. The molecule has 5 heteroatoms. The van der Waals surface area contributed by atoms with E-state index in [0.29, 0.717) is 23.7 Å². The van der Waals surface area contributed by atoms with Gasteiger partial charge >= 0.3 is 0 Å². The molecule has 1 aromatic rings. The normalized spacial score (nSPS) is 8.60. The minimum atomic E-state index is 0.358. The summed E-state index contributed by atoms with van der Waals surface area (Å²) in [6, 6.07) is 4.56. The molecule has 0 aliphatic heterocycles. The van der Waals surface area contributed by atoms with E-state index in [0.717, 1.165) is 0 Å². The molecule has 0 heterocycles. The minimum absolute atomic E-state index is 0.358. The van der Waals surface area contributed by atoms with E-state index in [1.807, 2.05) is 0 Å². The van der Waals surface area contributed by atoms with Crippen LogP contribution < -0.4 is 4.74 Å². The second-order valence-corrected chi connectivity index (χ2v) is 2.49. The molecule has 0 spiro atoms. The van der Waals surface area contributed by atoms with Crippen molar-refractivity contribution in [1.82, 2.24) is 0 Å². The Hall–Kier alpha value is -2.22. The van der Waals surface area contributed by atoms with Crippen LogP contribution in [-0.4, -0.2) is 18.8 Å². The number of carbonyl (C=O) groups excluding carboxylic acids is 2. The van der Waals surface area contributed by atoms with Gasteiger partial charge in [0.1, 0.15) is 11.4 Å². The Morgan fingerprint density at radius 2 is 2.00 bits per heavy atom. The maximum Gasteiger partial charge on any atom is 0.240 e. The number of benzene rings is 1. The summed E-state index contributed by atoms with van der Waals surface area (Å²) < 4.78 is 5.21. The SMILES string of the molecule is CCOc1cc(N=C=O)ccc1N=C=O. The maximum absolute atomic E-state index is 10.1. The molecule has 0 atom stereocenters. The summed E-state index contributed by atoms with van der Waals surface area (Å²) in [7, 11) is 0. The van der Waals surface area contributed by atoms with Crippen LogP contribution in [0.15, 0.2) is 28.2 Å². The third-order valence-corrected chi connectivity index (χ3v) is 1.58. The van der Waals surface area contributed by atoms with Gasteiger partial charge in [-0.15, -0.1) is 0 Å². The third kappa shape index (κ3) is 2.88. The van der Waals surface area contributed by atoms with Gasteiger partial charge in [-0.2, -0.15) is 9.98 Å². The van der Waals surface area contributed by atoms with Crippen LogP contribution in [0.3, 0.4) is 0 Å². The average molecular weight is 204 g/mol. The molecular formula is C10H8N2O3. The van der Waals surface area contributed by atoms with E-state index in [4.69, 9.17) is 4.74 Å². The van der Waals surface area contributed by atoms with Crippen LogP contribution in [0.2, 0.25) is 0 Å². The summed E-state index contributed by atoms with van der Waals surface area (Å²) in [4.78, 5) is 27.0. The van der Waals surface area contributed by atoms with Crippen LogP contribution in [0, 0.1) is 0 Å². The highest BCUT2D eigenvalue weighted by atomic mass is 16.5. The Labute approximate surface area is 86.1 Å². The Morgan fingerprint density at radius 1 is 1.27 bits per heavy atom. The van der Waals surface area contributed by atoms with Crippen molar-refractivity contribution < 1.29 is 14.3 Å². The fourth-order valence-electron chi connectivity index (χ4n) is 1.04. The molecule has 0 fully saturated rings. The lowest BCUT2D eigenvalue weighted by Crippen LogP contribution is -1.91. The van der Waals surface area contributed by atoms with Gasteiger partial charge < -0.3 is 4.74 Å². The summed E-state index contributed by atoms with van der Waals surface area (Å²) in [5.74, 6) is 0.386. The first-order valence-electron chi connectivity index (χ1n) is 4.24. The molecule has 1 rings (SSSR count). The van der Waals surface area contributed by atoms with E-state index in [1.54, 1.807) is 6.92 Å². The van der Waals surface area contributed by atoms with E-state index in [1.165, 1.54) is 30.4 Å². The van der Waals surface area contributed by atoms with Crippen molar-refractivity contribution in [3.05, 3.63) is 18.2 Å². The number of aliphatic imine (C=N–C) groups is 2. The molecule has 0 radical (unpaired) electrons. The Morgan fingerprint density at radius 3 is 2.60 bits per heavy atom. The van der Waals surface area contributed by atoms with Crippen LogP contribution in [0.25, 0.3) is 0 Å². The molecule has 15 heavy (non-hydrogen) atoms. The van der Waals surface area contributed by atoms with Crippen LogP contribution in [0.5, 0.6) is 5.75 Å². The fourth-order valence-corrected chi connectivity index (χ4v) is 1.04. The van der Waals surface area contributed by atoms with Crippen molar-refractivity contribution in [3.63, 3.8) is 0 Å². The van der Waals surface area contributed by atoms with Gasteiger partial charge in [-0.1, -0.05) is 0 Å². The molecule has 1 aromatic carbocycles. The summed E-state index contributed by atoms with van der Waals surface area (Å²) in [5.41, 5.74) is 0.759. The van der Waals surface area contributed by atoms with Gasteiger partial charge in [0.15, 0.2) is 0 Å². The van der Waals surface area contributed by atoms with Gasteiger partial charge in [-0.05, 0) is 19.1 Å². The van der Waals surface area contributed by atoms with E-state index in [-0.39, 0.29) is 0 Å². The van der Waals surface area contributed by atoms with Crippen molar-refractivity contribution in [3.8, 4) is 5.75 Å². The smallest absolute Gasteiger partial charge is 0.240 e. The van der Waals surface area contributed by atoms with E-state index >= 15 is 0 Å². The van der Waals surface area contributed by atoms with Gasteiger partial charge in [0.25, 0.3) is 0 Å². The molecule has 5 nitrogen and oxygen atoms in total. The average Bonchev–Trinajstić information content (AvgIpc) is 2.23. The molecule has 0 bridgehead atoms. The van der Waals surface area contributed by atoms with E-state index < -0.39 is 0 Å². The predicted octanol–water partition coefficient (Wildman–Crippen LogP) is 2.02. The lowest BCUT2D eigenvalue weighted by atomic mass is 10.2. The van der Waals surface area contributed by atoms with Crippen LogP contribution >= 0.6 is 0 Å². The second kappa shape index (κ2) is 5.50. The first-order valence-corrected chi connectivity index (χ1v) is 4.24. The van der Waals surface area contributed by atoms with Gasteiger partial charge in [0.2, 0.25) is 12.2 Å². The highest BCUT2D eigenvalue weighted by Gasteiger charge is 2.03. The molecule has 0 saturated carbocycles. The molecule has 0 amide bonds. The van der Waals surface area contributed by atoms with Crippen LogP contribution in [0.4, 0.5) is 11.4 Å². The number of ether oxygens (including phenoxy) is 1. The second-order valence-electron chi connectivity index (χ2n) is 2.49. The Bertz CT molecular complexity index is 444. The summed E-state index contributed by atoms with van der Waals surface area (Å²) in [5, 5.41) is 0. The predicted molar refractivity (Wildman–Crippen MR) is 53.2 cm³/mol. The third-order valence-electron chi connectivity index (χ3n) is 1.58. The number of rotatable bonds is 4. The molecule has 0 N–H and O–H groups in total. The molecule has 0 aromatic heterocycles. The molecular weight excluding hydrogens is 196 g/mol. The lowest BCUT2D eigenvalue weighted by molar-refractivity contribution is 0.341. The monoisotopic (exact) mass is 204 g/mol. The van der Waals surface area contributed by atoms with Gasteiger partial charge in [0, 0.05) is 6.07 Å². The number of isocyanates is 2. The van der Waals surface area contributed by atoms with E-state index in [2.05, 4.69) is 9.98 Å². The molecule has 0 aliphatic rings. The highest BCUT2D eigenvalue weighted by molar-refractivity contribution is 5.63. The van der Waals surface area contributed by atoms with Gasteiger partial charge in [0.05, 0.1) is 12.3 Å². The zero-order valence-electron chi connectivity index (χ0n) is 8.06. The molecule has 0 saturated heterocycles. The van der Waals surface area contributed by atoms with Crippen molar-refractivity contribution in [2.24, 2.45) is 9.98 Å². The number of nitrogens with zero attached hydrogens (tertiary/aromatic N) is 2. The summed E-state index contributed by atoms with van der Waals surface area (Å²) in [6.07, 6.45) is 2.84. The zero-order valence-corrected chi connectivity index (χ0v) is 8.06.